The van der Waals surface area contributed by atoms with E-state index in [9.17, 15) is 0 Å². The van der Waals surface area contributed by atoms with Gasteiger partial charge in [0.1, 0.15) is 0 Å². The molecule has 4 nitrogen and oxygen atoms in total. The summed E-state index contributed by atoms with van der Waals surface area (Å²) in [6.45, 7) is 0.972. The first-order chi connectivity index (χ1) is 16.0. The van der Waals surface area contributed by atoms with E-state index in [-0.39, 0.29) is 0 Å². The predicted octanol–water partition coefficient (Wildman–Crippen LogP) is 4.96. The van der Waals surface area contributed by atoms with Gasteiger partial charge in [-0.3, -0.25) is 0 Å². The number of aromatic amines is 1. The standard InChI is InChI=1S/C27H26N2.C2H4O2/c1-2-7-25-23(4-1)24-6-3-5-22(26(24)28-25)21-8-10-29(11-9-21)27-15-18-12-19(16-27)14-20(13-18)17-27;1-2(3)4/h1-11,18-20H,12-17H2;1H3,(H,3,4). The van der Waals surface area contributed by atoms with E-state index in [4.69, 9.17) is 9.90 Å². The summed E-state index contributed by atoms with van der Waals surface area (Å²) < 4.78 is 2.59. The highest BCUT2D eigenvalue weighted by molar-refractivity contribution is 6.11. The van der Waals surface area contributed by atoms with Crippen LogP contribution in [-0.4, -0.2) is 11.0 Å². The number of pyridine rings is 1. The molecule has 2 aromatic carbocycles. The van der Waals surface area contributed by atoms with Gasteiger partial charge >= 0.3 is 0 Å². The van der Waals surface area contributed by atoms with Crippen LogP contribution in [0.4, 0.5) is 0 Å². The van der Waals surface area contributed by atoms with Crippen LogP contribution >= 0.6 is 0 Å². The number of H-pyrrole nitrogens is 1. The number of hydrogen-bond donors (Lipinski definition) is 1. The summed E-state index contributed by atoms with van der Waals surface area (Å²) in [7, 11) is 0. The molecule has 2 aromatic heterocycles. The number of carbonyl (C=O) groups excluding carboxylic acids is 1. The minimum Gasteiger partial charge on any atom is -0.550 e. The topological polar surface area (TPSA) is 59.8 Å². The molecule has 4 aliphatic carbocycles. The van der Waals surface area contributed by atoms with E-state index in [1.165, 1.54) is 71.5 Å². The van der Waals surface area contributed by atoms with Gasteiger partial charge in [-0.15, -0.1) is 0 Å². The lowest BCUT2D eigenvalue weighted by atomic mass is 9.53. The second kappa shape index (κ2) is 7.72. The van der Waals surface area contributed by atoms with Crippen molar-refractivity contribution in [1.29, 1.82) is 0 Å². The molecular weight excluding hydrogens is 408 g/mol. The summed E-state index contributed by atoms with van der Waals surface area (Å²) in [5.41, 5.74) is 5.48. The number of carboxylic acid groups (broad SMARTS) is 1. The quantitative estimate of drug-likeness (QED) is 0.450. The zero-order chi connectivity index (χ0) is 22.6. The van der Waals surface area contributed by atoms with Crippen LogP contribution in [0.3, 0.4) is 0 Å². The fourth-order valence-electron chi connectivity index (χ4n) is 7.42. The zero-order valence-electron chi connectivity index (χ0n) is 19.1. The molecule has 4 fully saturated rings. The third-order valence-corrected chi connectivity index (χ3v) is 8.24. The third-order valence-electron chi connectivity index (χ3n) is 8.24. The van der Waals surface area contributed by atoms with Crippen molar-refractivity contribution in [2.24, 2.45) is 17.8 Å². The molecule has 0 unspecified atom stereocenters. The van der Waals surface area contributed by atoms with E-state index in [2.05, 4.69) is 76.5 Å². The normalized spacial score (nSPS) is 27.5. The van der Waals surface area contributed by atoms with Crippen molar-refractivity contribution in [2.75, 3.05) is 0 Å². The van der Waals surface area contributed by atoms with E-state index < -0.39 is 5.97 Å². The van der Waals surface area contributed by atoms with Crippen LogP contribution in [0.5, 0.6) is 0 Å². The molecule has 4 bridgehead atoms. The van der Waals surface area contributed by atoms with E-state index in [0.29, 0.717) is 5.54 Å². The van der Waals surface area contributed by atoms with Crippen molar-refractivity contribution in [3.8, 4) is 11.1 Å². The number of aromatic nitrogens is 2. The first-order valence-corrected chi connectivity index (χ1v) is 12.2. The van der Waals surface area contributed by atoms with Gasteiger partial charge in [0.15, 0.2) is 17.9 Å². The van der Waals surface area contributed by atoms with Crippen LogP contribution in [-0.2, 0) is 10.3 Å². The molecule has 168 valence electrons. The molecule has 0 spiro atoms. The minimum atomic E-state index is -1.08. The molecule has 0 saturated heterocycles. The number of rotatable bonds is 2. The van der Waals surface area contributed by atoms with E-state index in [1.807, 2.05) is 0 Å². The van der Waals surface area contributed by atoms with Crippen molar-refractivity contribution in [3.63, 3.8) is 0 Å². The van der Waals surface area contributed by atoms with Gasteiger partial charge in [-0.25, -0.2) is 0 Å². The molecule has 0 aliphatic heterocycles. The predicted molar refractivity (Wildman–Crippen MR) is 128 cm³/mol. The summed E-state index contributed by atoms with van der Waals surface area (Å²) in [6, 6.07) is 20.0. The van der Waals surface area contributed by atoms with Crippen LogP contribution in [0.25, 0.3) is 32.9 Å². The summed E-state index contributed by atoms with van der Waals surface area (Å²) in [5, 5.41) is 11.5. The number of aliphatic carboxylic acids is 1. The van der Waals surface area contributed by atoms with Gasteiger partial charge in [-0.2, -0.15) is 4.57 Å². The number of hydrogen-bond acceptors (Lipinski definition) is 2. The number of carbonyl (C=O) groups is 1. The highest BCUT2D eigenvalue weighted by Gasteiger charge is 2.56. The first kappa shape index (κ1) is 20.5. The van der Waals surface area contributed by atoms with Gasteiger partial charge in [-0.05, 0) is 55.6 Å². The van der Waals surface area contributed by atoms with Crippen LogP contribution < -0.4 is 9.67 Å². The fourth-order valence-corrected chi connectivity index (χ4v) is 7.42. The van der Waals surface area contributed by atoms with Crippen LogP contribution in [0.15, 0.2) is 67.0 Å². The Labute approximate surface area is 194 Å². The van der Waals surface area contributed by atoms with Crippen molar-refractivity contribution in [3.05, 3.63) is 67.0 Å². The Kier molecular flexibility index (Phi) is 4.79. The summed E-state index contributed by atoms with van der Waals surface area (Å²) in [6.07, 6.45) is 13.5. The molecule has 0 amide bonds. The van der Waals surface area contributed by atoms with E-state index in [0.717, 1.165) is 24.7 Å². The minimum absolute atomic E-state index is 0.403. The Morgan fingerprint density at radius 1 is 0.879 bits per heavy atom. The average Bonchev–Trinajstić information content (AvgIpc) is 3.17. The third kappa shape index (κ3) is 3.52. The molecule has 8 rings (SSSR count). The van der Waals surface area contributed by atoms with Gasteiger partial charge in [0.05, 0.1) is 5.52 Å². The number of nitrogens with one attached hydrogen (secondary N) is 1. The van der Waals surface area contributed by atoms with Crippen molar-refractivity contribution in [2.45, 2.75) is 51.0 Å². The Morgan fingerprint density at radius 2 is 1.45 bits per heavy atom. The van der Waals surface area contributed by atoms with Crippen LogP contribution in [0.1, 0.15) is 45.4 Å². The molecule has 4 aliphatic rings. The monoisotopic (exact) mass is 438 g/mol. The maximum absolute atomic E-state index is 8.89. The lowest BCUT2D eigenvalue weighted by Crippen LogP contribution is -2.64. The molecule has 0 atom stereocenters. The highest BCUT2D eigenvalue weighted by Crippen LogP contribution is 2.56. The molecule has 4 aromatic rings. The maximum Gasteiger partial charge on any atom is 0.169 e. The Bertz CT molecular complexity index is 1300. The first-order valence-electron chi connectivity index (χ1n) is 12.2. The molecule has 4 heteroatoms. The lowest BCUT2D eigenvalue weighted by molar-refractivity contribution is -0.776. The largest absolute Gasteiger partial charge is 0.550 e. The second-order valence-corrected chi connectivity index (χ2v) is 10.5. The number of fused-ring (bicyclic) bond motifs is 3. The van der Waals surface area contributed by atoms with Crippen molar-refractivity contribution >= 4 is 27.8 Å². The summed E-state index contributed by atoms with van der Waals surface area (Å²) >= 11 is 0. The van der Waals surface area contributed by atoms with Crippen LogP contribution in [0.2, 0.25) is 0 Å². The van der Waals surface area contributed by atoms with Gasteiger partial charge in [0, 0.05) is 59.2 Å². The molecular formula is C29H30N2O2. The average molecular weight is 439 g/mol. The van der Waals surface area contributed by atoms with E-state index >= 15 is 0 Å². The number of carboxylic acids is 1. The highest BCUT2D eigenvalue weighted by atomic mass is 16.4. The summed E-state index contributed by atoms with van der Waals surface area (Å²) in [4.78, 5) is 12.6. The Balaban J connectivity index is 0.000000481. The van der Waals surface area contributed by atoms with Gasteiger partial charge in [-0.1, -0.05) is 36.4 Å². The van der Waals surface area contributed by atoms with Gasteiger partial charge in [0.25, 0.3) is 0 Å². The number of nitrogens with zero attached hydrogens (tertiary/aromatic N) is 1. The SMILES string of the molecule is CC(=O)[O-].c1ccc2c(c1)[nH]c1c(-c3cc[n+](C45CC6CC(CC(C6)C4)C5)cc3)cccc12. The zero-order valence-corrected chi connectivity index (χ0v) is 19.1. The van der Waals surface area contributed by atoms with E-state index in [1.54, 1.807) is 0 Å². The fraction of sp³-hybridized carbons (Fsp3) is 0.379. The Morgan fingerprint density at radius 3 is 2.09 bits per heavy atom. The second-order valence-electron chi connectivity index (χ2n) is 10.5. The van der Waals surface area contributed by atoms with Gasteiger partial charge < -0.3 is 14.9 Å². The van der Waals surface area contributed by atoms with Crippen LogP contribution in [0, 0.1) is 17.8 Å². The Hall–Kier alpha value is -3.14. The van der Waals surface area contributed by atoms with Crippen molar-refractivity contribution in [1.82, 2.24) is 4.98 Å². The molecule has 1 N–H and O–H groups in total. The summed E-state index contributed by atoms with van der Waals surface area (Å²) in [5.74, 6) is 1.86. The molecule has 0 radical (unpaired) electrons. The molecule has 4 saturated carbocycles. The van der Waals surface area contributed by atoms with Gasteiger partial charge in [0.2, 0.25) is 0 Å². The smallest absolute Gasteiger partial charge is 0.169 e. The number of para-hydroxylation sites is 2. The lowest BCUT2D eigenvalue weighted by Gasteiger charge is -2.53. The molecule has 2 heterocycles. The number of benzene rings is 2. The van der Waals surface area contributed by atoms with Crippen molar-refractivity contribution < 1.29 is 14.5 Å². The maximum atomic E-state index is 8.89. The molecule has 33 heavy (non-hydrogen) atoms.